The van der Waals surface area contributed by atoms with Gasteiger partial charge in [-0.05, 0) is 62.3 Å². The van der Waals surface area contributed by atoms with Gasteiger partial charge in [-0.1, -0.05) is 0 Å². The highest BCUT2D eigenvalue weighted by Gasteiger charge is 2.44. The zero-order valence-corrected chi connectivity index (χ0v) is 22.5. The molecule has 0 radical (unpaired) electrons. The van der Waals surface area contributed by atoms with Gasteiger partial charge in [0.1, 0.15) is 5.69 Å². The van der Waals surface area contributed by atoms with E-state index in [2.05, 4.69) is 35.9 Å². The number of sulfonamides is 1. The molecular formula is C26H30N8O4S. The first-order chi connectivity index (χ1) is 18.8. The van der Waals surface area contributed by atoms with Crippen LogP contribution in [0.25, 0.3) is 23.0 Å². The van der Waals surface area contributed by atoms with E-state index >= 15 is 0 Å². The molecule has 0 bridgehead atoms. The molecule has 13 heteroatoms. The molecular weight excluding hydrogens is 520 g/mol. The molecule has 204 valence electrons. The maximum atomic E-state index is 12.3. The Bertz CT molecular complexity index is 1530. The molecule has 2 aromatic heterocycles. The Labute approximate surface area is 226 Å². The fourth-order valence-electron chi connectivity index (χ4n) is 5.25. The van der Waals surface area contributed by atoms with Crippen molar-refractivity contribution in [1.82, 2.24) is 20.2 Å². The number of hydrogen-bond donors (Lipinski definition) is 2. The van der Waals surface area contributed by atoms with E-state index in [1.54, 1.807) is 24.3 Å². The Hall–Kier alpha value is -3.76. The van der Waals surface area contributed by atoms with Crippen molar-refractivity contribution < 1.29 is 17.9 Å². The van der Waals surface area contributed by atoms with Crippen molar-refractivity contribution in [1.29, 1.82) is 5.26 Å². The second-order valence-corrected chi connectivity index (χ2v) is 12.5. The number of aliphatic hydroxyl groups excluding tert-OH is 1. The van der Waals surface area contributed by atoms with E-state index in [0.29, 0.717) is 47.3 Å². The normalized spacial score (nSPS) is 18.6. The van der Waals surface area contributed by atoms with Gasteiger partial charge in [0.05, 0.1) is 41.3 Å². The van der Waals surface area contributed by atoms with Crippen LogP contribution in [0.1, 0.15) is 31.4 Å². The Morgan fingerprint density at radius 1 is 1.10 bits per heavy atom. The molecule has 1 spiro atoms. The number of nitriles is 1. The molecule has 6 rings (SSSR count). The van der Waals surface area contributed by atoms with Crippen molar-refractivity contribution >= 4 is 27.3 Å². The van der Waals surface area contributed by atoms with Crippen molar-refractivity contribution in [3.8, 4) is 29.1 Å². The molecule has 1 saturated carbocycles. The smallest absolute Gasteiger partial charge is 0.266 e. The Morgan fingerprint density at radius 2 is 1.85 bits per heavy atom. The van der Waals surface area contributed by atoms with Crippen LogP contribution in [-0.4, -0.2) is 72.2 Å². The Balaban J connectivity index is 1.31. The van der Waals surface area contributed by atoms with Gasteiger partial charge in [-0.3, -0.25) is 4.72 Å². The number of piperidine rings is 1. The van der Waals surface area contributed by atoms with Crippen LogP contribution in [0.15, 0.2) is 28.7 Å². The molecule has 12 nitrogen and oxygen atoms in total. The van der Waals surface area contributed by atoms with Gasteiger partial charge in [0.15, 0.2) is 0 Å². The highest BCUT2D eigenvalue weighted by Crippen LogP contribution is 2.54. The van der Waals surface area contributed by atoms with E-state index in [-0.39, 0.29) is 17.6 Å². The number of rotatable bonds is 8. The highest BCUT2D eigenvalue weighted by molar-refractivity contribution is 7.92. The van der Waals surface area contributed by atoms with E-state index in [9.17, 15) is 8.42 Å². The third-order valence-corrected chi connectivity index (χ3v) is 9.08. The standard InChI is InChI=1S/C26H30N8O4S/c1-17-12-21(29-25(28-17)34-15-18(14-27)16-34)24-31-30-23(38-24)20-3-2-19(32-39(36,37)11-10-35)13-22(20)33-8-6-26(4-5-26)7-9-33/h2-3,12-13,18,32,35H,4-11,15-16H2,1H3. The summed E-state index contributed by atoms with van der Waals surface area (Å²) in [6, 6.07) is 9.27. The summed E-state index contributed by atoms with van der Waals surface area (Å²) in [5.41, 5.74) is 3.65. The van der Waals surface area contributed by atoms with Crippen molar-refractivity contribution in [2.45, 2.75) is 32.6 Å². The minimum absolute atomic E-state index is 0.0216. The number of aryl methyl sites for hydroxylation is 1. The molecule has 3 fully saturated rings. The van der Waals surface area contributed by atoms with Gasteiger partial charge in [-0.2, -0.15) is 5.26 Å². The lowest BCUT2D eigenvalue weighted by atomic mass is 9.93. The maximum absolute atomic E-state index is 12.3. The summed E-state index contributed by atoms with van der Waals surface area (Å²) in [6.07, 6.45) is 4.73. The summed E-state index contributed by atoms with van der Waals surface area (Å²) >= 11 is 0. The third-order valence-electron chi connectivity index (χ3n) is 7.82. The van der Waals surface area contributed by atoms with Crippen LogP contribution in [-0.2, 0) is 10.0 Å². The molecule has 0 amide bonds. The number of hydrogen-bond acceptors (Lipinski definition) is 11. The van der Waals surface area contributed by atoms with E-state index in [1.807, 2.05) is 11.8 Å². The average Bonchev–Trinajstić information content (AvgIpc) is 3.43. The molecule has 4 heterocycles. The van der Waals surface area contributed by atoms with Crippen LogP contribution in [0, 0.1) is 29.6 Å². The predicted octanol–water partition coefficient (Wildman–Crippen LogP) is 2.58. The first-order valence-electron chi connectivity index (χ1n) is 13.1. The molecule has 1 aliphatic carbocycles. The van der Waals surface area contributed by atoms with Gasteiger partial charge >= 0.3 is 0 Å². The lowest BCUT2D eigenvalue weighted by Gasteiger charge is -2.35. The summed E-state index contributed by atoms with van der Waals surface area (Å²) in [4.78, 5) is 13.3. The highest BCUT2D eigenvalue weighted by atomic mass is 32.2. The van der Waals surface area contributed by atoms with Crippen LogP contribution in [0.4, 0.5) is 17.3 Å². The minimum atomic E-state index is -3.67. The van der Waals surface area contributed by atoms with Crippen molar-refractivity contribution in [2.24, 2.45) is 11.3 Å². The second kappa shape index (κ2) is 9.77. The molecule has 3 aromatic rings. The number of benzene rings is 1. The van der Waals surface area contributed by atoms with E-state index in [1.165, 1.54) is 12.8 Å². The fraction of sp³-hybridized carbons (Fsp3) is 0.500. The number of aromatic nitrogens is 4. The summed E-state index contributed by atoms with van der Waals surface area (Å²) in [5, 5.41) is 26.8. The zero-order chi connectivity index (χ0) is 27.2. The van der Waals surface area contributed by atoms with Crippen LogP contribution in [0.2, 0.25) is 0 Å². The molecule has 2 aliphatic heterocycles. The molecule has 2 saturated heterocycles. The number of nitrogens with zero attached hydrogens (tertiary/aromatic N) is 7. The van der Waals surface area contributed by atoms with Crippen molar-refractivity contribution in [3.63, 3.8) is 0 Å². The van der Waals surface area contributed by atoms with Crippen LogP contribution < -0.4 is 14.5 Å². The molecule has 0 atom stereocenters. The lowest BCUT2D eigenvalue weighted by molar-refractivity contribution is 0.320. The maximum Gasteiger partial charge on any atom is 0.266 e. The first kappa shape index (κ1) is 25.5. The topological polar surface area (TPSA) is 161 Å². The molecule has 1 aromatic carbocycles. The zero-order valence-electron chi connectivity index (χ0n) is 21.7. The Morgan fingerprint density at radius 3 is 2.54 bits per heavy atom. The minimum Gasteiger partial charge on any atom is -0.415 e. The van der Waals surface area contributed by atoms with Gasteiger partial charge in [0.25, 0.3) is 5.89 Å². The largest absolute Gasteiger partial charge is 0.415 e. The molecule has 2 N–H and O–H groups in total. The lowest BCUT2D eigenvalue weighted by Crippen LogP contribution is -2.47. The van der Waals surface area contributed by atoms with Gasteiger partial charge in [0.2, 0.25) is 21.9 Å². The van der Waals surface area contributed by atoms with Gasteiger partial charge < -0.3 is 19.3 Å². The van der Waals surface area contributed by atoms with Crippen LogP contribution in [0.5, 0.6) is 0 Å². The Kier molecular flexibility index (Phi) is 6.39. The number of nitrogens with one attached hydrogen (secondary N) is 1. The molecule has 3 aliphatic rings. The van der Waals surface area contributed by atoms with Crippen LogP contribution in [0.3, 0.4) is 0 Å². The summed E-state index contributed by atoms with van der Waals surface area (Å²) in [7, 11) is -3.67. The average molecular weight is 551 g/mol. The predicted molar refractivity (Wildman–Crippen MR) is 144 cm³/mol. The summed E-state index contributed by atoms with van der Waals surface area (Å²) in [6.45, 7) is 4.29. The van der Waals surface area contributed by atoms with E-state index in [0.717, 1.165) is 37.3 Å². The van der Waals surface area contributed by atoms with Gasteiger partial charge in [-0.25, -0.2) is 18.4 Å². The summed E-state index contributed by atoms with van der Waals surface area (Å²) < 4.78 is 33.3. The van der Waals surface area contributed by atoms with Crippen LogP contribution >= 0.6 is 0 Å². The monoisotopic (exact) mass is 550 g/mol. The molecule has 39 heavy (non-hydrogen) atoms. The first-order valence-corrected chi connectivity index (χ1v) is 14.8. The molecule has 0 unspecified atom stereocenters. The number of aliphatic hydroxyl groups is 1. The fourth-order valence-corrected chi connectivity index (χ4v) is 6.08. The number of anilines is 3. The third kappa shape index (κ3) is 5.26. The second-order valence-electron chi connectivity index (χ2n) is 10.7. The van der Waals surface area contributed by atoms with Gasteiger partial charge in [-0.15, -0.1) is 10.2 Å². The quantitative estimate of drug-likeness (QED) is 0.424. The van der Waals surface area contributed by atoms with E-state index < -0.39 is 16.6 Å². The van der Waals surface area contributed by atoms with E-state index in [4.69, 9.17) is 14.8 Å². The summed E-state index contributed by atoms with van der Waals surface area (Å²) in [5.74, 6) is 0.690. The van der Waals surface area contributed by atoms with Crippen molar-refractivity contribution in [3.05, 3.63) is 30.0 Å². The SMILES string of the molecule is Cc1cc(-c2nnc(-c3ccc(NS(=O)(=O)CCO)cc3N3CCC4(CC3)CC4)o2)nc(N2CC(C#N)C2)n1. The van der Waals surface area contributed by atoms with Crippen molar-refractivity contribution in [2.75, 3.05) is 53.1 Å². The van der Waals surface area contributed by atoms with Gasteiger partial charge in [0, 0.05) is 31.9 Å².